The van der Waals surface area contributed by atoms with Crippen LogP contribution < -0.4 is 10.2 Å². The fourth-order valence-electron chi connectivity index (χ4n) is 5.03. The number of hydrogen-bond donors (Lipinski definition) is 1. The lowest BCUT2D eigenvalue weighted by atomic mass is 9.93. The highest BCUT2D eigenvalue weighted by atomic mass is 16.5. The summed E-state index contributed by atoms with van der Waals surface area (Å²) < 4.78 is 5.03. The number of methoxy groups -OCH3 is 1. The zero-order chi connectivity index (χ0) is 19.3. The molecule has 154 valence electrons. The molecule has 28 heavy (non-hydrogen) atoms. The Morgan fingerprint density at radius 1 is 1.18 bits per heavy atom. The van der Waals surface area contributed by atoms with E-state index in [0.717, 1.165) is 64.7 Å². The van der Waals surface area contributed by atoms with E-state index in [1.165, 1.54) is 23.5 Å². The highest BCUT2D eigenvalue weighted by Gasteiger charge is 2.32. The van der Waals surface area contributed by atoms with Crippen LogP contribution in [0.1, 0.15) is 43.4 Å². The molecular formula is C21H33N5O2. The van der Waals surface area contributed by atoms with Crippen LogP contribution in [0.3, 0.4) is 0 Å². The Labute approximate surface area is 167 Å². The van der Waals surface area contributed by atoms with Gasteiger partial charge in [0.1, 0.15) is 12.1 Å². The van der Waals surface area contributed by atoms with Crippen LogP contribution in [0, 0.1) is 5.92 Å². The van der Waals surface area contributed by atoms with Crippen LogP contribution in [0.5, 0.6) is 0 Å². The molecule has 0 radical (unpaired) electrons. The standard InChI is InChI=1S/C21H33N5O2/c1-28-13-9-22-21(27)16-4-3-10-26(14-16)17-7-11-25(12-8-17)20-18-5-2-6-19(18)23-15-24-20/h15-17H,2-14H2,1H3,(H,22,27)/t16-/m0/s1. The third-order valence-electron chi connectivity index (χ3n) is 6.56. The molecule has 2 aliphatic heterocycles. The lowest BCUT2D eigenvalue weighted by Gasteiger charge is -2.42. The monoisotopic (exact) mass is 387 g/mol. The average Bonchev–Trinajstić information content (AvgIpc) is 3.23. The number of hydrogen-bond acceptors (Lipinski definition) is 6. The van der Waals surface area contributed by atoms with Crippen molar-refractivity contribution in [1.82, 2.24) is 20.2 Å². The molecule has 0 saturated carbocycles. The molecule has 3 heterocycles. The Morgan fingerprint density at radius 2 is 2.04 bits per heavy atom. The first-order chi connectivity index (χ1) is 13.8. The van der Waals surface area contributed by atoms with Gasteiger partial charge in [0, 0.05) is 50.6 Å². The zero-order valence-electron chi connectivity index (χ0n) is 17.0. The normalized spacial score (nSPS) is 23.6. The maximum atomic E-state index is 12.4. The molecule has 0 spiro atoms. The molecule has 1 aromatic rings. The van der Waals surface area contributed by atoms with Gasteiger partial charge in [-0.2, -0.15) is 0 Å². The van der Waals surface area contributed by atoms with Gasteiger partial charge in [-0.05, 0) is 51.5 Å². The number of aryl methyl sites for hydroxylation is 1. The van der Waals surface area contributed by atoms with Crippen molar-refractivity contribution >= 4 is 11.7 Å². The number of carbonyl (C=O) groups excluding carboxylic acids is 1. The van der Waals surface area contributed by atoms with E-state index in [4.69, 9.17) is 4.74 Å². The molecule has 0 aromatic carbocycles. The van der Waals surface area contributed by atoms with Crippen LogP contribution in [0.15, 0.2) is 6.33 Å². The lowest BCUT2D eigenvalue weighted by Crippen LogP contribution is -2.51. The minimum atomic E-state index is 0.119. The van der Waals surface area contributed by atoms with Crippen LogP contribution in [0.25, 0.3) is 0 Å². The SMILES string of the molecule is COCCNC(=O)[C@H]1CCCN(C2CCN(c3ncnc4c3CCC4)CC2)C1. The predicted molar refractivity (Wildman–Crippen MR) is 108 cm³/mol. The lowest BCUT2D eigenvalue weighted by molar-refractivity contribution is -0.127. The van der Waals surface area contributed by atoms with E-state index >= 15 is 0 Å². The third-order valence-corrected chi connectivity index (χ3v) is 6.56. The molecule has 1 atom stereocenters. The quantitative estimate of drug-likeness (QED) is 0.745. The fourth-order valence-corrected chi connectivity index (χ4v) is 5.03. The molecule has 1 aliphatic carbocycles. The minimum absolute atomic E-state index is 0.119. The summed E-state index contributed by atoms with van der Waals surface area (Å²) in [5, 5.41) is 3.02. The second-order valence-electron chi connectivity index (χ2n) is 8.31. The Hall–Kier alpha value is -1.73. The number of carbonyl (C=O) groups is 1. The Kier molecular flexibility index (Phi) is 6.42. The molecule has 1 amide bonds. The number of anilines is 1. The van der Waals surface area contributed by atoms with E-state index in [0.29, 0.717) is 19.2 Å². The molecular weight excluding hydrogens is 354 g/mol. The van der Waals surface area contributed by atoms with Crippen molar-refractivity contribution in [3.8, 4) is 0 Å². The van der Waals surface area contributed by atoms with Gasteiger partial charge in [0.05, 0.1) is 12.5 Å². The molecule has 1 N–H and O–H groups in total. The van der Waals surface area contributed by atoms with Crippen molar-refractivity contribution in [3.63, 3.8) is 0 Å². The van der Waals surface area contributed by atoms with E-state index in [1.54, 1.807) is 13.4 Å². The third kappa shape index (κ3) is 4.30. The number of nitrogens with zero attached hydrogens (tertiary/aromatic N) is 4. The summed E-state index contributed by atoms with van der Waals surface area (Å²) in [6.07, 6.45) is 9.58. The van der Waals surface area contributed by atoms with E-state index < -0.39 is 0 Å². The first-order valence-electron chi connectivity index (χ1n) is 10.8. The number of rotatable bonds is 6. The number of ether oxygens (including phenoxy) is 1. The summed E-state index contributed by atoms with van der Waals surface area (Å²) in [7, 11) is 1.66. The number of likely N-dealkylation sites (tertiary alicyclic amines) is 1. The Balaban J connectivity index is 1.30. The fraction of sp³-hybridized carbons (Fsp3) is 0.762. The van der Waals surface area contributed by atoms with Crippen LogP contribution in [-0.4, -0.2) is 73.3 Å². The van der Waals surface area contributed by atoms with E-state index in [9.17, 15) is 4.79 Å². The van der Waals surface area contributed by atoms with Gasteiger partial charge < -0.3 is 15.0 Å². The van der Waals surface area contributed by atoms with Gasteiger partial charge in [-0.3, -0.25) is 9.69 Å². The van der Waals surface area contributed by atoms with E-state index in [2.05, 4.69) is 25.1 Å². The van der Waals surface area contributed by atoms with Crippen molar-refractivity contribution in [2.75, 3.05) is 51.3 Å². The maximum Gasteiger partial charge on any atom is 0.224 e. The summed E-state index contributed by atoms with van der Waals surface area (Å²) in [6, 6.07) is 0.584. The summed E-state index contributed by atoms with van der Waals surface area (Å²) in [5.74, 6) is 1.49. The zero-order valence-corrected chi connectivity index (χ0v) is 17.0. The minimum Gasteiger partial charge on any atom is -0.383 e. The average molecular weight is 388 g/mol. The molecule has 2 fully saturated rings. The van der Waals surface area contributed by atoms with Crippen LogP contribution in [0.2, 0.25) is 0 Å². The van der Waals surface area contributed by atoms with Gasteiger partial charge >= 0.3 is 0 Å². The Bertz CT molecular complexity index is 675. The number of piperidine rings is 2. The number of amides is 1. The molecule has 7 heteroatoms. The summed E-state index contributed by atoms with van der Waals surface area (Å²) >= 11 is 0. The highest BCUT2D eigenvalue weighted by Crippen LogP contribution is 2.31. The van der Waals surface area contributed by atoms with Gasteiger partial charge in [-0.15, -0.1) is 0 Å². The van der Waals surface area contributed by atoms with Crippen LogP contribution in [0.4, 0.5) is 5.82 Å². The molecule has 2 saturated heterocycles. The number of fused-ring (bicyclic) bond motifs is 1. The first kappa shape index (κ1) is 19.6. The molecule has 4 rings (SSSR count). The molecule has 1 aromatic heterocycles. The summed E-state index contributed by atoms with van der Waals surface area (Å²) in [5.41, 5.74) is 2.64. The maximum absolute atomic E-state index is 12.4. The summed E-state index contributed by atoms with van der Waals surface area (Å²) in [6.45, 7) is 5.30. The van der Waals surface area contributed by atoms with Gasteiger partial charge in [0.15, 0.2) is 0 Å². The largest absolute Gasteiger partial charge is 0.383 e. The molecule has 0 bridgehead atoms. The van der Waals surface area contributed by atoms with Crippen molar-refractivity contribution in [2.24, 2.45) is 5.92 Å². The van der Waals surface area contributed by atoms with Crippen LogP contribution in [-0.2, 0) is 22.4 Å². The summed E-state index contributed by atoms with van der Waals surface area (Å²) in [4.78, 5) is 26.5. The first-order valence-corrected chi connectivity index (χ1v) is 10.8. The second-order valence-corrected chi connectivity index (χ2v) is 8.31. The number of nitrogens with one attached hydrogen (secondary N) is 1. The van der Waals surface area contributed by atoms with Crippen molar-refractivity contribution < 1.29 is 9.53 Å². The van der Waals surface area contributed by atoms with Gasteiger partial charge in [0.2, 0.25) is 5.91 Å². The number of aromatic nitrogens is 2. The topological polar surface area (TPSA) is 70.6 Å². The van der Waals surface area contributed by atoms with Crippen molar-refractivity contribution in [1.29, 1.82) is 0 Å². The predicted octanol–water partition coefficient (Wildman–Crippen LogP) is 1.41. The molecule has 7 nitrogen and oxygen atoms in total. The van der Waals surface area contributed by atoms with Gasteiger partial charge in [-0.25, -0.2) is 9.97 Å². The van der Waals surface area contributed by atoms with Gasteiger partial charge in [-0.1, -0.05) is 0 Å². The van der Waals surface area contributed by atoms with Crippen LogP contribution >= 0.6 is 0 Å². The smallest absolute Gasteiger partial charge is 0.224 e. The van der Waals surface area contributed by atoms with E-state index in [-0.39, 0.29) is 11.8 Å². The van der Waals surface area contributed by atoms with Crippen molar-refractivity contribution in [2.45, 2.75) is 51.0 Å². The van der Waals surface area contributed by atoms with E-state index in [1.807, 2.05) is 0 Å². The van der Waals surface area contributed by atoms with Gasteiger partial charge in [0.25, 0.3) is 0 Å². The van der Waals surface area contributed by atoms with Crippen molar-refractivity contribution in [3.05, 3.63) is 17.6 Å². The Morgan fingerprint density at radius 3 is 2.86 bits per heavy atom. The molecule has 0 unspecified atom stereocenters. The second kappa shape index (κ2) is 9.18. The molecule has 3 aliphatic rings. The highest BCUT2D eigenvalue weighted by molar-refractivity contribution is 5.78.